The third-order valence-corrected chi connectivity index (χ3v) is 2.07. The smallest absolute Gasteiger partial charge is 0.182 e. The second-order valence-corrected chi connectivity index (χ2v) is 3.00. The van der Waals surface area contributed by atoms with Crippen LogP contribution in [0.25, 0.3) is 22.7 Å². The second kappa shape index (κ2) is 2.77. The molecule has 0 saturated heterocycles. The van der Waals surface area contributed by atoms with Crippen LogP contribution in [-0.4, -0.2) is 29.9 Å². The van der Waals surface area contributed by atoms with Crippen molar-refractivity contribution in [1.82, 2.24) is 29.9 Å². The van der Waals surface area contributed by atoms with Crippen molar-refractivity contribution in [3.63, 3.8) is 0 Å². The molecule has 0 bridgehead atoms. The van der Waals surface area contributed by atoms with Crippen LogP contribution in [0.4, 0.5) is 5.82 Å². The summed E-state index contributed by atoms with van der Waals surface area (Å²) in [7, 11) is 0. The van der Waals surface area contributed by atoms with Gasteiger partial charge in [-0.1, -0.05) is 0 Å². The number of aromatic amines is 2. The first-order chi connectivity index (χ1) is 7.34. The zero-order chi connectivity index (χ0) is 10.3. The van der Waals surface area contributed by atoms with Gasteiger partial charge in [-0.05, 0) is 0 Å². The number of hydrogen-bond acceptors (Lipinski definition) is 5. The Morgan fingerprint density at radius 2 is 1.93 bits per heavy atom. The van der Waals surface area contributed by atoms with Crippen molar-refractivity contribution in [3.8, 4) is 11.5 Å². The second-order valence-electron chi connectivity index (χ2n) is 3.00. The fraction of sp³-hybridized carbons (Fsp3) is 0. The van der Waals surface area contributed by atoms with E-state index in [0.29, 0.717) is 23.0 Å². The molecular weight excluding hydrogens is 194 g/mol. The van der Waals surface area contributed by atoms with E-state index in [2.05, 4.69) is 29.9 Å². The molecule has 0 saturated carbocycles. The topological polar surface area (TPSA) is 109 Å². The van der Waals surface area contributed by atoms with Crippen molar-refractivity contribution in [1.29, 1.82) is 0 Å². The Hall–Kier alpha value is -2.44. The minimum absolute atomic E-state index is 0.380. The summed E-state index contributed by atoms with van der Waals surface area (Å²) in [6, 6.07) is 0. The molecule has 0 aromatic carbocycles. The summed E-state index contributed by atoms with van der Waals surface area (Å²) in [6.07, 6.45) is 4.73. The van der Waals surface area contributed by atoms with E-state index < -0.39 is 0 Å². The third-order valence-electron chi connectivity index (χ3n) is 2.07. The number of anilines is 1. The summed E-state index contributed by atoms with van der Waals surface area (Å²) in [4.78, 5) is 22.1. The Bertz CT molecular complexity index is 608. The first kappa shape index (κ1) is 7.92. The quantitative estimate of drug-likeness (QED) is 0.525. The largest absolute Gasteiger partial charge is 0.382 e. The summed E-state index contributed by atoms with van der Waals surface area (Å²) in [5, 5.41) is 0. The Kier molecular flexibility index (Phi) is 1.46. The van der Waals surface area contributed by atoms with E-state index in [9.17, 15) is 0 Å². The van der Waals surface area contributed by atoms with E-state index in [4.69, 9.17) is 5.73 Å². The lowest BCUT2D eigenvalue weighted by atomic mass is 10.4. The van der Waals surface area contributed by atoms with E-state index in [1.807, 2.05) is 0 Å². The number of rotatable bonds is 1. The van der Waals surface area contributed by atoms with Crippen molar-refractivity contribution < 1.29 is 0 Å². The molecule has 7 nitrogen and oxygen atoms in total. The van der Waals surface area contributed by atoms with Crippen LogP contribution < -0.4 is 5.73 Å². The number of H-pyrrole nitrogens is 2. The molecule has 15 heavy (non-hydrogen) atoms. The van der Waals surface area contributed by atoms with Gasteiger partial charge >= 0.3 is 0 Å². The van der Waals surface area contributed by atoms with Crippen LogP contribution in [0.5, 0.6) is 0 Å². The van der Waals surface area contributed by atoms with E-state index in [-0.39, 0.29) is 0 Å². The third kappa shape index (κ3) is 1.13. The molecule has 3 aromatic heterocycles. The van der Waals surface area contributed by atoms with Crippen molar-refractivity contribution in [2.75, 3.05) is 5.73 Å². The predicted octanol–water partition coefficient (Wildman–Crippen LogP) is 0.325. The van der Waals surface area contributed by atoms with Crippen LogP contribution in [-0.2, 0) is 0 Å². The molecule has 7 heteroatoms. The number of nitrogens with one attached hydrogen (secondary N) is 2. The summed E-state index contributed by atoms with van der Waals surface area (Å²) < 4.78 is 0. The van der Waals surface area contributed by atoms with Crippen molar-refractivity contribution in [2.24, 2.45) is 0 Å². The van der Waals surface area contributed by atoms with Gasteiger partial charge in [-0.3, -0.25) is 0 Å². The van der Waals surface area contributed by atoms with Gasteiger partial charge in [-0.2, -0.15) is 0 Å². The Morgan fingerprint density at radius 3 is 2.73 bits per heavy atom. The molecule has 74 valence electrons. The first-order valence-electron chi connectivity index (χ1n) is 4.30. The zero-order valence-corrected chi connectivity index (χ0v) is 7.60. The van der Waals surface area contributed by atoms with Crippen LogP contribution in [0.1, 0.15) is 0 Å². The minimum atomic E-state index is 0.380. The SMILES string of the molecule is Nc1nc[nH]c1-c1ncc2[nH]cnc2n1. The van der Waals surface area contributed by atoms with Gasteiger partial charge in [0.2, 0.25) is 0 Å². The van der Waals surface area contributed by atoms with Gasteiger partial charge in [0.25, 0.3) is 0 Å². The van der Waals surface area contributed by atoms with Gasteiger partial charge in [0.1, 0.15) is 11.2 Å². The fourth-order valence-corrected chi connectivity index (χ4v) is 1.34. The molecular formula is C8H7N7. The molecule has 0 aliphatic carbocycles. The van der Waals surface area contributed by atoms with E-state index in [1.54, 1.807) is 12.5 Å². The van der Waals surface area contributed by atoms with E-state index >= 15 is 0 Å². The lowest BCUT2D eigenvalue weighted by Crippen LogP contribution is -1.94. The molecule has 3 heterocycles. The van der Waals surface area contributed by atoms with E-state index in [0.717, 1.165) is 5.52 Å². The molecule has 0 aliphatic heterocycles. The highest BCUT2D eigenvalue weighted by Gasteiger charge is 2.09. The number of imidazole rings is 2. The van der Waals surface area contributed by atoms with Crippen molar-refractivity contribution >= 4 is 17.0 Å². The maximum Gasteiger partial charge on any atom is 0.182 e. The number of fused-ring (bicyclic) bond motifs is 1. The summed E-state index contributed by atoms with van der Waals surface area (Å²) in [6.45, 7) is 0. The Morgan fingerprint density at radius 1 is 1.07 bits per heavy atom. The normalized spacial score (nSPS) is 10.9. The highest BCUT2D eigenvalue weighted by molar-refractivity contribution is 5.73. The van der Waals surface area contributed by atoms with Crippen LogP contribution >= 0.6 is 0 Å². The summed E-state index contributed by atoms with van der Waals surface area (Å²) >= 11 is 0. The van der Waals surface area contributed by atoms with Gasteiger partial charge in [0.05, 0.1) is 18.9 Å². The predicted molar refractivity (Wildman–Crippen MR) is 53.7 cm³/mol. The highest BCUT2D eigenvalue weighted by Crippen LogP contribution is 2.18. The maximum atomic E-state index is 5.64. The van der Waals surface area contributed by atoms with Crippen LogP contribution in [0.15, 0.2) is 18.9 Å². The standard InChI is InChI=1S/C8H7N7/c9-6-5(12-3-13-6)8-10-1-4-7(15-8)14-2-11-4/h1-3H,9H2,(H,12,13)(H,10,11,14,15). The van der Waals surface area contributed by atoms with E-state index in [1.165, 1.54) is 6.33 Å². The zero-order valence-electron chi connectivity index (χ0n) is 7.60. The molecule has 0 fully saturated rings. The average molecular weight is 201 g/mol. The number of nitrogen functional groups attached to an aromatic ring is 1. The minimum Gasteiger partial charge on any atom is -0.382 e. The molecule has 0 amide bonds. The monoisotopic (exact) mass is 201 g/mol. The molecule has 0 spiro atoms. The molecule has 3 aromatic rings. The fourth-order valence-electron chi connectivity index (χ4n) is 1.34. The maximum absolute atomic E-state index is 5.64. The van der Waals surface area contributed by atoms with Crippen LogP contribution in [0, 0.1) is 0 Å². The number of nitrogens with two attached hydrogens (primary N) is 1. The first-order valence-corrected chi connectivity index (χ1v) is 4.30. The van der Waals surface area contributed by atoms with Crippen LogP contribution in [0.2, 0.25) is 0 Å². The lowest BCUT2D eigenvalue weighted by Gasteiger charge is -1.96. The molecule has 4 N–H and O–H groups in total. The average Bonchev–Trinajstić information content (AvgIpc) is 2.84. The van der Waals surface area contributed by atoms with Gasteiger partial charge in [0.15, 0.2) is 17.3 Å². The van der Waals surface area contributed by atoms with Gasteiger partial charge in [-0.25, -0.2) is 19.9 Å². The number of aromatic nitrogens is 6. The van der Waals surface area contributed by atoms with Gasteiger partial charge < -0.3 is 15.7 Å². The summed E-state index contributed by atoms with van der Waals surface area (Å²) in [5.41, 5.74) is 7.65. The highest BCUT2D eigenvalue weighted by atomic mass is 15.0. The lowest BCUT2D eigenvalue weighted by molar-refractivity contribution is 1.18. The van der Waals surface area contributed by atoms with Crippen molar-refractivity contribution in [3.05, 3.63) is 18.9 Å². The Labute approximate surface area is 83.8 Å². The van der Waals surface area contributed by atoms with Gasteiger partial charge in [-0.15, -0.1) is 0 Å². The molecule has 0 atom stereocenters. The summed E-state index contributed by atoms with van der Waals surface area (Å²) in [5.74, 6) is 0.870. The molecule has 0 aliphatic rings. The number of hydrogen-bond donors (Lipinski definition) is 3. The Balaban J connectivity index is 2.23. The molecule has 3 rings (SSSR count). The number of nitrogens with zero attached hydrogens (tertiary/aromatic N) is 4. The molecule has 0 radical (unpaired) electrons. The van der Waals surface area contributed by atoms with Crippen molar-refractivity contribution in [2.45, 2.75) is 0 Å². The molecule has 0 unspecified atom stereocenters. The van der Waals surface area contributed by atoms with Gasteiger partial charge in [0, 0.05) is 0 Å². The van der Waals surface area contributed by atoms with Crippen LogP contribution in [0.3, 0.4) is 0 Å².